The monoisotopic (exact) mass is 1050 g/mol. The largest absolute Gasteiger partial charge is 0.509 e. The van der Waals surface area contributed by atoms with E-state index in [1.165, 1.54) is 44.5 Å². The number of benzene rings is 6. The summed E-state index contributed by atoms with van der Waals surface area (Å²) in [7, 11) is 0. The van der Waals surface area contributed by atoms with Crippen LogP contribution < -0.4 is 14.5 Å². The molecule has 0 unspecified atom stereocenters. The number of anilines is 2. The summed E-state index contributed by atoms with van der Waals surface area (Å²) in [4.78, 5) is 9.32. The molecule has 1 aliphatic heterocycles. The van der Waals surface area contributed by atoms with Gasteiger partial charge in [0.2, 0.25) is 0 Å². The van der Waals surface area contributed by atoms with Gasteiger partial charge in [-0.2, -0.15) is 12.1 Å². The van der Waals surface area contributed by atoms with Gasteiger partial charge in [0, 0.05) is 55.4 Å². The first-order valence-corrected chi connectivity index (χ1v) is 23.2. The summed E-state index contributed by atoms with van der Waals surface area (Å²) in [5.41, 5.74) is 14.2. The van der Waals surface area contributed by atoms with Gasteiger partial charge in [-0.05, 0) is 116 Å². The minimum absolute atomic E-state index is 0. The average molecular weight is 1050 g/mol. The van der Waals surface area contributed by atoms with Crippen LogP contribution in [0, 0.1) is 18.8 Å². The minimum atomic E-state index is -0.215. The maximum atomic E-state index is 6.66. The number of rotatable bonds is 11. The van der Waals surface area contributed by atoms with E-state index in [1.807, 2.05) is 30.5 Å². The van der Waals surface area contributed by atoms with Gasteiger partial charge < -0.3 is 19.1 Å². The number of nitrogens with zero attached hydrogens (tertiary/aromatic N) is 4. The van der Waals surface area contributed by atoms with Crippen LogP contribution in [0.4, 0.5) is 11.4 Å². The van der Waals surface area contributed by atoms with Crippen molar-refractivity contribution in [3.05, 3.63) is 198 Å². The standard InChI is InChI=1S/C60H61N4O.Pt/c1-39(2)43-31-52(40(3)4)58(53(32-43)41(5)6)42-27-28-61-57(33-42)64-55-26-23-46(60(10,11)44-17-13-12-14-18-44)35-54(55)51-25-24-50(37-56(51)64)65-49-22-16-21-48(36-49)63-30-29-62(38-63)47-20-15-19-45(34-47)59(7,8)9;/h12-35,38-41H,1-11H3;/q-3;. The molecule has 8 aromatic rings. The molecule has 0 saturated heterocycles. The van der Waals surface area contributed by atoms with Gasteiger partial charge in [0.25, 0.3) is 0 Å². The Hall–Kier alpha value is -5.90. The van der Waals surface area contributed by atoms with E-state index >= 15 is 0 Å². The van der Waals surface area contributed by atoms with Crippen molar-refractivity contribution in [3.8, 4) is 28.4 Å². The Kier molecular flexibility index (Phi) is 13.0. The van der Waals surface area contributed by atoms with E-state index in [-0.39, 0.29) is 31.9 Å². The van der Waals surface area contributed by atoms with E-state index in [1.54, 1.807) is 0 Å². The molecule has 0 aliphatic carbocycles. The van der Waals surface area contributed by atoms with Crippen molar-refractivity contribution < 1.29 is 25.8 Å². The predicted molar refractivity (Wildman–Crippen MR) is 273 cm³/mol. The molecule has 0 bridgehead atoms. The smallest absolute Gasteiger partial charge is 0.136 e. The van der Waals surface area contributed by atoms with Gasteiger partial charge in [-0.25, -0.2) is 4.98 Å². The summed E-state index contributed by atoms with van der Waals surface area (Å²) >= 11 is 0. The Bertz CT molecular complexity index is 3030. The average Bonchev–Trinajstić information content (AvgIpc) is 3.92. The summed E-state index contributed by atoms with van der Waals surface area (Å²) in [6.07, 6.45) is 6.09. The first-order valence-electron chi connectivity index (χ1n) is 23.2. The second kappa shape index (κ2) is 18.4. The molecule has 0 atom stereocenters. The molecule has 0 saturated carbocycles. The summed E-state index contributed by atoms with van der Waals surface area (Å²) in [5.74, 6) is 3.19. The maximum Gasteiger partial charge on any atom is 0.136 e. The van der Waals surface area contributed by atoms with Crippen LogP contribution in [0.25, 0.3) is 38.8 Å². The maximum absolute atomic E-state index is 6.66. The van der Waals surface area contributed by atoms with Crippen LogP contribution in [-0.4, -0.2) is 9.55 Å². The van der Waals surface area contributed by atoms with Gasteiger partial charge in [0.1, 0.15) is 5.82 Å². The molecular weight excluding hydrogens is 988 g/mol. The summed E-state index contributed by atoms with van der Waals surface area (Å²) in [6, 6.07) is 53.1. The molecular formula is C60H61N4OPt-3. The van der Waals surface area contributed by atoms with Crippen LogP contribution in [0.15, 0.2) is 146 Å². The van der Waals surface area contributed by atoms with Gasteiger partial charge >= 0.3 is 0 Å². The predicted octanol–water partition coefficient (Wildman–Crippen LogP) is 16.1. The third kappa shape index (κ3) is 9.00. The zero-order valence-corrected chi connectivity index (χ0v) is 42.5. The minimum Gasteiger partial charge on any atom is -0.509 e. The molecule has 2 aromatic heterocycles. The topological polar surface area (TPSA) is 33.5 Å². The third-order valence-corrected chi connectivity index (χ3v) is 13.2. The third-order valence-electron chi connectivity index (χ3n) is 13.2. The number of hydrogen-bond donors (Lipinski definition) is 0. The van der Waals surface area contributed by atoms with Gasteiger partial charge in [-0.1, -0.05) is 148 Å². The van der Waals surface area contributed by atoms with E-state index in [0.29, 0.717) is 29.3 Å². The van der Waals surface area contributed by atoms with Crippen LogP contribution in [-0.2, 0) is 31.9 Å². The van der Waals surface area contributed by atoms with Crippen LogP contribution in [0.5, 0.6) is 11.5 Å². The molecule has 1 aliphatic rings. The number of pyridine rings is 1. The Morgan fingerprint density at radius 2 is 1.27 bits per heavy atom. The Morgan fingerprint density at radius 3 is 1.97 bits per heavy atom. The van der Waals surface area contributed by atoms with Crippen LogP contribution in [0.2, 0.25) is 0 Å². The fourth-order valence-corrected chi connectivity index (χ4v) is 9.17. The van der Waals surface area contributed by atoms with E-state index in [4.69, 9.17) is 9.72 Å². The quantitative estimate of drug-likeness (QED) is 0.121. The molecule has 9 rings (SSSR count). The Balaban J connectivity index is 0.00000592. The van der Waals surface area contributed by atoms with Gasteiger partial charge in [-0.15, -0.1) is 48.1 Å². The van der Waals surface area contributed by atoms with Gasteiger partial charge in [-0.3, -0.25) is 0 Å². The number of aromatic nitrogens is 2. The molecule has 66 heavy (non-hydrogen) atoms. The molecule has 340 valence electrons. The summed E-state index contributed by atoms with van der Waals surface area (Å²) in [5, 5.41) is 2.23. The van der Waals surface area contributed by atoms with E-state index in [0.717, 1.165) is 39.0 Å². The Morgan fingerprint density at radius 1 is 0.591 bits per heavy atom. The van der Waals surface area contributed by atoms with Gasteiger partial charge in [0.05, 0.1) is 0 Å². The van der Waals surface area contributed by atoms with Crippen molar-refractivity contribution in [1.82, 2.24) is 9.55 Å². The molecule has 0 radical (unpaired) electrons. The van der Waals surface area contributed by atoms with Crippen LogP contribution in [0.3, 0.4) is 0 Å². The second-order valence-electron chi connectivity index (χ2n) is 20.1. The fourth-order valence-electron chi connectivity index (χ4n) is 9.17. The molecule has 0 N–H and O–H groups in total. The molecule has 6 aromatic carbocycles. The fraction of sp³-hybridized carbons (Fsp3) is 0.267. The first kappa shape index (κ1) is 46.6. The number of ether oxygens (including phenoxy) is 1. The van der Waals surface area contributed by atoms with Crippen molar-refractivity contribution in [2.75, 3.05) is 9.80 Å². The van der Waals surface area contributed by atoms with E-state index < -0.39 is 0 Å². The molecule has 0 fully saturated rings. The van der Waals surface area contributed by atoms with Crippen molar-refractivity contribution >= 4 is 33.2 Å². The molecule has 5 nitrogen and oxygen atoms in total. The zero-order chi connectivity index (χ0) is 45.8. The van der Waals surface area contributed by atoms with E-state index in [2.05, 4.69) is 225 Å². The van der Waals surface area contributed by atoms with Crippen molar-refractivity contribution in [3.63, 3.8) is 0 Å². The van der Waals surface area contributed by atoms with Crippen LogP contribution in [0.1, 0.15) is 127 Å². The molecule has 6 heteroatoms. The van der Waals surface area contributed by atoms with Gasteiger partial charge in [0.15, 0.2) is 0 Å². The number of fused-ring (bicyclic) bond motifs is 3. The zero-order valence-electron chi connectivity index (χ0n) is 40.2. The van der Waals surface area contributed by atoms with Crippen LogP contribution >= 0.6 is 0 Å². The van der Waals surface area contributed by atoms with Crippen molar-refractivity contribution in [1.29, 1.82) is 0 Å². The molecule has 0 spiro atoms. The molecule has 3 heterocycles. The van der Waals surface area contributed by atoms with Crippen molar-refractivity contribution in [2.24, 2.45) is 0 Å². The van der Waals surface area contributed by atoms with Crippen molar-refractivity contribution in [2.45, 2.75) is 105 Å². The SMILES string of the molecule is CC(C)c1cc(C(C)C)c(-c2ccnc(-n3c4[c-]c(Oc5[c-]c(N6C=CN(c7cccc(C(C)(C)C)c7)[CH-]6)ccc5)ccc4c4cc(C(C)(C)c5ccccc5)ccc43)c2)c(C(C)C)c1.[Pt]. The number of hydrogen-bond acceptors (Lipinski definition) is 4. The summed E-state index contributed by atoms with van der Waals surface area (Å²) in [6.45, 7) is 27.2. The summed E-state index contributed by atoms with van der Waals surface area (Å²) < 4.78 is 8.92. The van der Waals surface area contributed by atoms with E-state index in [9.17, 15) is 0 Å². The Labute approximate surface area is 407 Å². The normalized spacial score (nSPS) is 13.2. The second-order valence-corrected chi connectivity index (χ2v) is 20.1. The molecule has 0 amide bonds. The first-order chi connectivity index (χ1) is 31.1.